The molecular weight excluding hydrogens is 750 g/mol. The lowest BCUT2D eigenvalue weighted by Crippen LogP contribution is -2.37. The summed E-state index contributed by atoms with van der Waals surface area (Å²) in [5.74, 6) is -0.872. The summed E-state index contributed by atoms with van der Waals surface area (Å²) in [4.78, 5) is 37.6. The SMILES string of the molecule is CCCCC/C=C\C/C=C\C/C=C\CCCCCCC(=O)OC[C@H](COP(=O)([O-])OCC[N+](C)(C)C)OC(=O)CCCCCCCCC/C=C\C/C=C\CCCCC. The number of quaternary nitrogens is 1. The Labute approximate surface area is 356 Å². The van der Waals surface area contributed by atoms with Crippen molar-refractivity contribution in [3.05, 3.63) is 60.8 Å². The fraction of sp³-hybridized carbons (Fsp3) is 0.750. The molecule has 0 aliphatic carbocycles. The average Bonchev–Trinajstić information content (AvgIpc) is 3.17. The van der Waals surface area contributed by atoms with Crippen molar-refractivity contribution < 1.29 is 42.1 Å². The number of allylic oxidation sites excluding steroid dienone is 10. The molecule has 0 aliphatic rings. The van der Waals surface area contributed by atoms with Crippen LogP contribution in [-0.2, 0) is 32.7 Å². The van der Waals surface area contributed by atoms with Crippen molar-refractivity contribution in [2.75, 3.05) is 47.5 Å². The van der Waals surface area contributed by atoms with Crippen LogP contribution in [0.3, 0.4) is 0 Å². The molecule has 336 valence electrons. The highest BCUT2D eigenvalue weighted by Crippen LogP contribution is 2.38. The lowest BCUT2D eigenvalue weighted by atomic mass is 10.1. The average molecular weight is 836 g/mol. The summed E-state index contributed by atoms with van der Waals surface area (Å²) in [6.07, 6.45) is 48.1. The van der Waals surface area contributed by atoms with E-state index < -0.39 is 32.5 Å². The minimum Gasteiger partial charge on any atom is -0.756 e. The first-order chi connectivity index (χ1) is 28.0. The predicted octanol–water partition coefficient (Wildman–Crippen LogP) is 12.6. The van der Waals surface area contributed by atoms with Crippen molar-refractivity contribution >= 4 is 19.8 Å². The number of hydrogen-bond donors (Lipinski definition) is 0. The molecule has 0 aromatic carbocycles. The van der Waals surface area contributed by atoms with E-state index in [9.17, 15) is 19.0 Å². The third kappa shape index (κ3) is 43.3. The topological polar surface area (TPSA) is 111 Å². The number of hydrogen-bond acceptors (Lipinski definition) is 8. The maximum absolute atomic E-state index is 12.7. The second-order valence-electron chi connectivity index (χ2n) is 16.4. The summed E-state index contributed by atoms with van der Waals surface area (Å²) in [5, 5.41) is 0. The van der Waals surface area contributed by atoms with Crippen molar-refractivity contribution in [1.29, 1.82) is 0 Å². The highest BCUT2D eigenvalue weighted by atomic mass is 31.2. The van der Waals surface area contributed by atoms with E-state index >= 15 is 0 Å². The minimum absolute atomic E-state index is 0.0388. The zero-order valence-corrected chi connectivity index (χ0v) is 38.6. The molecule has 0 rings (SSSR count). The quantitative estimate of drug-likeness (QED) is 0.0197. The molecule has 0 spiro atoms. The Kier molecular flexibility index (Phi) is 38.5. The van der Waals surface area contributed by atoms with Crippen molar-refractivity contribution in [2.45, 2.75) is 187 Å². The molecule has 2 atom stereocenters. The Bertz CT molecular complexity index is 1170. The largest absolute Gasteiger partial charge is 0.756 e. The zero-order chi connectivity index (χ0) is 42.8. The summed E-state index contributed by atoms with van der Waals surface area (Å²) in [7, 11) is 1.14. The molecule has 0 aromatic rings. The van der Waals surface area contributed by atoms with Crippen LogP contribution < -0.4 is 4.89 Å². The van der Waals surface area contributed by atoms with Crippen LogP contribution in [-0.4, -0.2) is 70.0 Å². The molecule has 0 bridgehead atoms. The Hall–Kier alpha value is -2.29. The molecule has 0 fully saturated rings. The van der Waals surface area contributed by atoms with Gasteiger partial charge in [0.05, 0.1) is 27.7 Å². The molecule has 0 N–H and O–H groups in total. The van der Waals surface area contributed by atoms with E-state index in [0.717, 1.165) is 70.6 Å². The van der Waals surface area contributed by atoms with Gasteiger partial charge >= 0.3 is 11.9 Å². The first kappa shape index (κ1) is 55.7. The van der Waals surface area contributed by atoms with Gasteiger partial charge in [0.15, 0.2) is 6.10 Å². The van der Waals surface area contributed by atoms with Gasteiger partial charge in [-0.15, -0.1) is 0 Å². The van der Waals surface area contributed by atoms with Gasteiger partial charge in [-0.3, -0.25) is 14.2 Å². The van der Waals surface area contributed by atoms with E-state index in [1.807, 2.05) is 21.1 Å². The lowest BCUT2D eigenvalue weighted by molar-refractivity contribution is -0.870. The summed E-state index contributed by atoms with van der Waals surface area (Å²) in [5.41, 5.74) is 0. The van der Waals surface area contributed by atoms with Crippen LogP contribution in [0.2, 0.25) is 0 Å². The molecule has 0 amide bonds. The van der Waals surface area contributed by atoms with Crippen LogP contribution in [0.15, 0.2) is 60.8 Å². The van der Waals surface area contributed by atoms with Gasteiger partial charge in [-0.25, -0.2) is 0 Å². The molecule has 0 radical (unpaired) electrons. The molecule has 0 saturated heterocycles. The molecule has 0 heterocycles. The van der Waals surface area contributed by atoms with E-state index in [1.54, 1.807) is 0 Å². The van der Waals surface area contributed by atoms with Gasteiger partial charge in [0.25, 0.3) is 7.82 Å². The predicted molar refractivity (Wildman–Crippen MR) is 240 cm³/mol. The molecule has 58 heavy (non-hydrogen) atoms. The van der Waals surface area contributed by atoms with Gasteiger partial charge in [-0.2, -0.15) is 0 Å². The highest BCUT2D eigenvalue weighted by Gasteiger charge is 2.21. The smallest absolute Gasteiger partial charge is 0.306 e. The Morgan fingerprint density at radius 2 is 0.931 bits per heavy atom. The fourth-order valence-corrected chi connectivity index (χ4v) is 6.60. The third-order valence-corrected chi connectivity index (χ3v) is 10.5. The van der Waals surface area contributed by atoms with Crippen LogP contribution in [0.1, 0.15) is 181 Å². The number of phosphoric ester groups is 1. The van der Waals surface area contributed by atoms with Gasteiger partial charge in [0, 0.05) is 12.8 Å². The van der Waals surface area contributed by atoms with Gasteiger partial charge < -0.3 is 27.9 Å². The molecular formula is C48H86NO8P. The van der Waals surface area contributed by atoms with E-state index in [-0.39, 0.29) is 26.1 Å². The summed E-state index contributed by atoms with van der Waals surface area (Å²) in [6, 6.07) is 0. The van der Waals surface area contributed by atoms with Crippen LogP contribution in [0, 0.1) is 0 Å². The number of esters is 2. The second-order valence-corrected chi connectivity index (χ2v) is 17.8. The standard InChI is InChI=1S/C48H86NO8P/c1-6-8-10-12-14-16-18-20-22-24-26-28-30-32-34-36-38-40-47(50)54-44-46(45-56-58(52,53)55-43-42-49(3,4)5)57-48(51)41-39-37-35-33-31-29-27-25-23-21-19-17-15-13-11-9-7-2/h14-17,20-23,26,28,46H,6-13,18-19,24-25,27,29-45H2,1-5H3/b16-14-,17-15-,22-20-,23-21-,28-26-/t46-/m1/s1. The normalized spacial score (nSPS) is 14.1. The maximum atomic E-state index is 12.7. The Balaban J connectivity index is 4.40. The van der Waals surface area contributed by atoms with E-state index in [0.29, 0.717) is 23.9 Å². The lowest BCUT2D eigenvalue weighted by Gasteiger charge is -2.28. The monoisotopic (exact) mass is 836 g/mol. The highest BCUT2D eigenvalue weighted by molar-refractivity contribution is 7.45. The number of nitrogens with zero attached hydrogens (tertiary/aromatic N) is 1. The summed E-state index contributed by atoms with van der Waals surface area (Å²) >= 11 is 0. The van der Waals surface area contributed by atoms with Crippen molar-refractivity contribution in [3.63, 3.8) is 0 Å². The number of likely N-dealkylation sites (N-methyl/N-ethyl adjacent to an activating group) is 1. The third-order valence-electron chi connectivity index (χ3n) is 9.51. The van der Waals surface area contributed by atoms with Crippen molar-refractivity contribution in [1.82, 2.24) is 0 Å². The van der Waals surface area contributed by atoms with Crippen LogP contribution in [0.5, 0.6) is 0 Å². The van der Waals surface area contributed by atoms with Gasteiger partial charge in [0.2, 0.25) is 0 Å². The van der Waals surface area contributed by atoms with Gasteiger partial charge in [0.1, 0.15) is 19.8 Å². The molecule has 0 saturated carbocycles. The van der Waals surface area contributed by atoms with Gasteiger partial charge in [-0.05, 0) is 83.5 Å². The molecule has 0 aromatic heterocycles. The number of rotatable bonds is 41. The number of carbonyl (C=O) groups is 2. The van der Waals surface area contributed by atoms with Crippen LogP contribution in [0.4, 0.5) is 0 Å². The fourth-order valence-electron chi connectivity index (χ4n) is 5.87. The van der Waals surface area contributed by atoms with Crippen molar-refractivity contribution in [3.8, 4) is 0 Å². The minimum atomic E-state index is -4.64. The number of ether oxygens (including phenoxy) is 2. The van der Waals surface area contributed by atoms with Crippen molar-refractivity contribution in [2.24, 2.45) is 0 Å². The van der Waals surface area contributed by atoms with E-state index in [4.69, 9.17) is 18.5 Å². The summed E-state index contributed by atoms with van der Waals surface area (Å²) < 4.78 is 33.9. The van der Waals surface area contributed by atoms with E-state index in [2.05, 4.69) is 74.6 Å². The molecule has 1 unspecified atom stereocenters. The maximum Gasteiger partial charge on any atom is 0.306 e. The molecule has 10 heteroatoms. The van der Waals surface area contributed by atoms with Crippen LogP contribution in [0.25, 0.3) is 0 Å². The zero-order valence-electron chi connectivity index (χ0n) is 37.7. The Morgan fingerprint density at radius 1 is 0.534 bits per heavy atom. The first-order valence-electron chi connectivity index (χ1n) is 23.0. The van der Waals surface area contributed by atoms with Crippen LogP contribution >= 0.6 is 7.82 Å². The molecule has 9 nitrogen and oxygen atoms in total. The second kappa shape index (κ2) is 40.1. The van der Waals surface area contributed by atoms with Gasteiger partial charge in [-0.1, -0.05) is 145 Å². The first-order valence-corrected chi connectivity index (χ1v) is 24.5. The summed E-state index contributed by atoms with van der Waals surface area (Å²) in [6.45, 7) is 4.13. The number of phosphoric acid groups is 1. The Morgan fingerprint density at radius 3 is 1.38 bits per heavy atom. The number of carbonyl (C=O) groups excluding carboxylic acids is 2. The molecule has 0 aliphatic heterocycles. The number of unbranched alkanes of at least 4 members (excludes halogenated alkanes) is 17. The van der Waals surface area contributed by atoms with E-state index in [1.165, 1.54) is 70.6 Å².